The highest BCUT2D eigenvalue weighted by atomic mass is 35.5. The Balaban J connectivity index is 2.03. The third kappa shape index (κ3) is 4.17. The van der Waals surface area contributed by atoms with E-state index in [1.54, 1.807) is 6.07 Å². The Morgan fingerprint density at radius 2 is 2.24 bits per heavy atom. The molecule has 0 aromatic carbocycles. The molecular formula is C14H19ClN2O3S. The molecule has 7 heteroatoms. The van der Waals surface area contributed by atoms with Gasteiger partial charge in [0.05, 0.1) is 11.0 Å². The Morgan fingerprint density at radius 1 is 1.48 bits per heavy atom. The minimum absolute atomic E-state index is 0.157. The van der Waals surface area contributed by atoms with Crippen molar-refractivity contribution in [2.75, 3.05) is 12.3 Å². The fourth-order valence-electron chi connectivity index (χ4n) is 2.46. The van der Waals surface area contributed by atoms with E-state index in [0.29, 0.717) is 18.4 Å². The highest BCUT2D eigenvalue weighted by molar-refractivity contribution is 7.92. The molecule has 0 aliphatic carbocycles. The summed E-state index contributed by atoms with van der Waals surface area (Å²) in [7, 11) is -3.04. The number of carbonyl (C=O) groups excluding carboxylic acids is 1. The second kappa shape index (κ2) is 6.75. The highest BCUT2D eigenvalue weighted by Gasteiger charge is 2.31. The van der Waals surface area contributed by atoms with E-state index in [0.717, 1.165) is 18.5 Å². The first-order chi connectivity index (χ1) is 9.92. The first-order valence-corrected chi connectivity index (χ1v) is 9.18. The number of nitrogens with zero attached hydrogens (tertiary/aromatic N) is 1. The van der Waals surface area contributed by atoms with Crippen LogP contribution in [0.2, 0.25) is 5.15 Å². The molecule has 1 unspecified atom stereocenters. The van der Waals surface area contributed by atoms with Gasteiger partial charge in [-0.2, -0.15) is 0 Å². The van der Waals surface area contributed by atoms with Gasteiger partial charge in [0.2, 0.25) is 0 Å². The molecule has 0 saturated carbocycles. The Labute approximate surface area is 130 Å². The van der Waals surface area contributed by atoms with E-state index in [4.69, 9.17) is 11.6 Å². The minimum atomic E-state index is -3.04. The lowest BCUT2D eigenvalue weighted by Gasteiger charge is -2.11. The molecule has 2 heterocycles. The molecular weight excluding hydrogens is 312 g/mol. The van der Waals surface area contributed by atoms with Crippen molar-refractivity contribution < 1.29 is 13.2 Å². The highest BCUT2D eigenvalue weighted by Crippen LogP contribution is 2.19. The van der Waals surface area contributed by atoms with Crippen molar-refractivity contribution in [1.82, 2.24) is 10.3 Å². The summed E-state index contributed by atoms with van der Waals surface area (Å²) in [5.41, 5.74) is 1.19. The molecule has 1 N–H and O–H groups in total. The number of nitrogens with one attached hydrogen (secondary N) is 1. The summed E-state index contributed by atoms with van der Waals surface area (Å²) >= 11 is 5.92. The normalized spacial score (nSPS) is 20.4. The summed E-state index contributed by atoms with van der Waals surface area (Å²) in [5, 5.41) is 2.50. The van der Waals surface area contributed by atoms with Gasteiger partial charge in [-0.05, 0) is 31.4 Å². The summed E-state index contributed by atoms with van der Waals surface area (Å²) in [4.78, 5) is 16.3. The quantitative estimate of drug-likeness (QED) is 0.838. The number of rotatable bonds is 5. The molecule has 1 aromatic heterocycles. The number of amides is 1. The zero-order chi connectivity index (χ0) is 15.5. The average Bonchev–Trinajstić information content (AvgIpc) is 2.74. The number of aromatic nitrogens is 1. The number of aryl methyl sites for hydroxylation is 1. The molecule has 0 radical (unpaired) electrons. The van der Waals surface area contributed by atoms with Gasteiger partial charge in [-0.25, -0.2) is 13.4 Å². The number of pyridine rings is 1. The first kappa shape index (κ1) is 16.2. The van der Waals surface area contributed by atoms with Crippen LogP contribution in [-0.2, 0) is 16.3 Å². The van der Waals surface area contributed by atoms with Crippen LogP contribution in [0.4, 0.5) is 0 Å². The van der Waals surface area contributed by atoms with Crippen LogP contribution in [0, 0.1) is 0 Å². The van der Waals surface area contributed by atoms with Crippen molar-refractivity contribution in [2.45, 2.75) is 37.9 Å². The summed E-state index contributed by atoms with van der Waals surface area (Å²) in [6.45, 7) is 2.18. The van der Waals surface area contributed by atoms with Crippen molar-refractivity contribution in [3.63, 3.8) is 0 Å². The molecule has 1 amide bonds. The lowest BCUT2D eigenvalue weighted by Crippen LogP contribution is -2.34. The smallest absolute Gasteiger partial charge is 0.251 e. The van der Waals surface area contributed by atoms with Gasteiger partial charge in [0.15, 0.2) is 9.84 Å². The van der Waals surface area contributed by atoms with E-state index >= 15 is 0 Å². The lowest BCUT2D eigenvalue weighted by molar-refractivity contribution is 0.0953. The molecule has 1 aromatic rings. The van der Waals surface area contributed by atoms with Crippen molar-refractivity contribution in [2.24, 2.45) is 0 Å². The second-order valence-electron chi connectivity index (χ2n) is 5.26. The van der Waals surface area contributed by atoms with Gasteiger partial charge in [-0.3, -0.25) is 4.79 Å². The average molecular weight is 331 g/mol. The van der Waals surface area contributed by atoms with Gasteiger partial charge >= 0.3 is 0 Å². The molecule has 1 aliphatic rings. The Bertz CT molecular complexity index is 631. The van der Waals surface area contributed by atoms with E-state index in [1.165, 1.54) is 6.07 Å². The molecule has 0 spiro atoms. The van der Waals surface area contributed by atoms with Gasteiger partial charge < -0.3 is 5.32 Å². The standard InChI is InChI=1S/C14H19ClN2O3S/c1-2-4-11-7-10(8-13(15)17-11)14(18)16-9-12-5-3-6-21(12,19)20/h7-8,12H,2-6,9H2,1H3,(H,16,18). The van der Waals surface area contributed by atoms with E-state index in [2.05, 4.69) is 10.3 Å². The minimum Gasteiger partial charge on any atom is -0.351 e. The van der Waals surface area contributed by atoms with Gasteiger partial charge in [-0.15, -0.1) is 0 Å². The lowest BCUT2D eigenvalue weighted by atomic mass is 10.1. The first-order valence-electron chi connectivity index (χ1n) is 7.08. The predicted octanol–water partition coefficient (Wildman–Crippen LogP) is 1.99. The van der Waals surface area contributed by atoms with Crippen LogP contribution >= 0.6 is 11.6 Å². The van der Waals surface area contributed by atoms with Gasteiger partial charge in [0.25, 0.3) is 5.91 Å². The van der Waals surface area contributed by atoms with E-state index < -0.39 is 15.1 Å². The Morgan fingerprint density at radius 3 is 2.86 bits per heavy atom. The molecule has 1 aliphatic heterocycles. The molecule has 1 atom stereocenters. The molecule has 1 saturated heterocycles. The van der Waals surface area contributed by atoms with E-state index in [9.17, 15) is 13.2 Å². The van der Waals surface area contributed by atoms with Crippen LogP contribution < -0.4 is 5.32 Å². The fraction of sp³-hybridized carbons (Fsp3) is 0.571. The molecule has 5 nitrogen and oxygen atoms in total. The number of hydrogen-bond donors (Lipinski definition) is 1. The number of carbonyl (C=O) groups is 1. The Kier molecular flexibility index (Phi) is 5.22. The maximum atomic E-state index is 12.1. The van der Waals surface area contributed by atoms with Crippen LogP contribution in [0.25, 0.3) is 0 Å². The van der Waals surface area contributed by atoms with Crippen molar-refractivity contribution in [3.05, 3.63) is 28.5 Å². The predicted molar refractivity (Wildman–Crippen MR) is 82.4 cm³/mol. The van der Waals surface area contributed by atoms with Crippen molar-refractivity contribution >= 4 is 27.3 Å². The zero-order valence-corrected chi connectivity index (χ0v) is 13.5. The zero-order valence-electron chi connectivity index (χ0n) is 11.9. The van der Waals surface area contributed by atoms with Crippen LogP contribution in [0.15, 0.2) is 12.1 Å². The van der Waals surface area contributed by atoms with Gasteiger partial charge in [0, 0.05) is 17.8 Å². The van der Waals surface area contributed by atoms with Crippen LogP contribution in [0.3, 0.4) is 0 Å². The molecule has 116 valence electrons. The monoisotopic (exact) mass is 330 g/mol. The van der Waals surface area contributed by atoms with Crippen LogP contribution in [-0.4, -0.2) is 36.9 Å². The van der Waals surface area contributed by atoms with E-state index in [-0.39, 0.29) is 23.4 Å². The summed E-state index contributed by atoms with van der Waals surface area (Å²) < 4.78 is 23.4. The van der Waals surface area contributed by atoms with Crippen LogP contribution in [0.5, 0.6) is 0 Å². The third-order valence-corrected chi connectivity index (χ3v) is 6.04. The Hall–Kier alpha value is -1.14. The maximum Gasteiger partial charge on any atom is 0.251 e. The maximum absolute atomic E-state index is 12.1. The molecule has 21 heavy (non-hydrogen) atoms. The van der Waals surface area contributed by atoms with Gasteiger partial charge in [0.1, 0.15) is 5.15 Å². The fourth-order valence-corrected chi connectivity index (χ4v) is 4.45. The van der Waals surface area contributed by atoms with E-state index in [1.807, 2.05) is 6.92 Å². The van der Waals surface area contributed by atoms with Crippen molar-refractivity contribution in [1.29, 1.82) is 0 Å². The van der Waals surface area contributed by atoms with Crippen molar-refractivity contribution in [3.8, 4) is 0 Å². The molecule has 0 bridgehead atoms. The summed E-state index contributed by atoms with van der Waals surface area (Å²) in [6, 6.07) is 3.20. The number of hydrogen-bond acceptors (Lipinski definition) is 4. The largest absolute Gasteiger partial charge is 0.351 e. The number of sulfone groups is 1. The van der Waals surface area contributed by atoms with Crippen LogP contribution in [0.1, 0.15) is 42.2 Å². The summed E-state index contributed by atoms with van der Waals surface area (Å²) in [6.07, 6.45) is 2.94. The van der Waals surface area contributed by atoms with Gasteiger partial charge in [-0.1, -0.05) is 24.9 Å². The molecule has 1 fully saturated rings. The number of halogens is 1. The summed E-state index contributed by atoms with van der Waals surface area (Å²) in [5.74, 6) is -0.0892. The molecule has 2 rings (SSSR count). The third-order valence-electron chi connectivity index (χ3n) is 3.57. The topological polar surface area (TPSA) is 76.1 Å². The SMILES string of the molecule is CCCc1cc(C(=O)NCC2CCCS2(=O)=O)cc(Cl)n1. The second-order valence-corrected chi connectivity index (χ2v) is 8.05.